The summed E-state index contributed by atoms with van der Waals surface area (Å²) in [7, 11) is 0. The van der Waals surface area contributed by atoms with Crippen LogP contribution in [-0.2, 0) is 4.74 Å². The van der Waals surface area contributed by atoms with Crippen LogP contribution in [0.15, 0.2) is 11.4 Å². The molecule has 3 N–H and O–H groups in total. The van der Waals surface area contributed by atoms with E-state index in [0.717, 1.165) is 18.1 Å². The Labute approximate surface area is 98.4 Å². The fraction of sp³-hybridized carbons (Fsp3) is 0.600. The Kier molecular flexibility index (Phi) is 4.05. The summed E-state index contributed by atoms with van der Waals surface area (Å²) in [4.78, 5) is 1.31. The van der Waals surface area contributed by atoms with Gasteiger partial charge in [-0.25, -0.2) is 0 Å². The Bertz CT molecular complexity index is 310. The highest BCUT2D eigenvalue weighted by Gasteiger charge is 2.25. The summed E-state index contributed by atoms with van der Waals surface area (Å²) in [5.41, 5.74) is 4.11. The maximum absolute atomic E-state index is 5.74. The molecular formula is C10H16N2OS2. The number of hydrogen-bond donors (Lipinski definition) is 2. The summed E-state index contributed by atoms with van der Waals surface area (Å²) in [5.74, 6) is 7.72. The van der Waals surface area contributed by atoms with Crippen molar-refractivity contribution >= 4 is 23.1 Å². The molecule has 2 heterocycles. The molecule has 0 saturated carbocycles. The Morgan fingerprint density at radius 2 is 2.53 bits per heavy atom. The van der Waals surface area contributed by atoms with Crippen molar-refractivity contribution in [3.05, 3.63) is 21.9 Å². The van der Waals surface area contributed by atoms with E-state index in [1.54, 1.807) is 11.3 Å². The Balaban J connectivity index is 2.08. The van der Waals surface area contributed by atoms with Crippen molar-refractivity contribution in [1.82, 2.24) is 5.43 Å². The minimum Gasteiger partial charge on any atom is -0.374 e. The Hall–Kier alpha value is -0.0700. The second-order valence-corrected chi connectivity index (χ2v) is 5.88. The molecule has 0 spiro atoms. The number of rotatable bonds is 3. The van der Waals surface area contributed by atoms with Gasteiger partial charge in [-0.3, -0.25) is 11.3 Å². The third kappa shape index (κ3) is 2.73. The lowest BCUT2D eigenvalue weighted by Crippen LogP contribution is -2.41. The molecule has 0 aliphatic carbocycles. The van der Waals surface area contributed by atoms with Crippen LogP contribution in [0, 0.1) is 6.92 Å². The van der Waals surface area contributed by atoms with E-state index in [2.05, 4.69) is 23.8 Å². The summed E-state index contributed by atoms with van der Waals surface area (Å²) in [5, 5.41) is 2.16. The van der Waals surface area contributed by atoms with Gasteiger partial charge < -0.3 is 4.74 Å². The van der Waals surface area contributed by atoms with Crippen molar-refractivity contribution in [3.8, 4) is 0 Å². The predicted octanol–water partition coefficient (Wildman–Crippen LogP) is 1.69. The minimum absolute atomic E-state index is 0.128. The van der Waals surface area contributed by atoms with Gasteiger partial charge >= 0.3 is 0 Å². The first-order chi connectivity index (χ1) is 7.31. The van der Waals surface area contributed by atoms with Crippen LogP contribution in [-0.4, -0.2) is 24.2 Å². The van der Waals surface area contributed by atoms with Crippen molar-refractivity contribution in [2.45, 2.75) is 19.1 Å². The van der Waals surface area contributed by atoms with Gasteiger partial charge in [-0.05, 0) is 23.9 Å². The lowest BCUT2D eigenvalue weighted by Gasteiger charge is -2.29. The number of hydrogen-bond acceptors (Lipinski definition) is 5. The zero-order chi connectivity index (χ0) is 10.7. The molecule has 0 radical (unpaired) electrons. The molecule has 0 amide bonds. The fourth-order valence-corrected chi connectivity index (χ4v) is 3.39. The molecule has 0 aromatic carbocycles. The molecule has 2 unspecified atom stereocenters. The molecule has 1 saturated heterocycles. The van der Waals surface area contributed by atoms with Crippen molar-refractivity contribution in [2.24, 2.45) is 5.84 Å². The zero-order valence-electron chi connectivity index (χ0n) is 8.73. The molecule has 1 aromatic heterocycles. The zero-order valence-corrected chi connectivity index (χ0v) is 10.4. The van der Waals surface area contributed by atoms with Crippen molar-refractivity contribution in [2.75, 3.05) is 18.1 Å². The molecule has 1 aromatic rings. The SMILES string of the molecule is Cc1cc(C(NN)C2CSCCO2)cs1. The largest absolute Gasteiger partial charge is 0.374 e. The van der Waals surface area contributed by atoms with Gasteiger partial charge in [-0.1, -0.05) is 0 Å². The highest BCUT2D eigenvalue weighted by molar-refractivity contribution is 7.99. The lowest BCUT2D eigenvalue weighted by atomic mass is 10.1. The van der Waals surface area contributed by atoms with Crippen LogP contribution < -0.4 is 11.3 Å². The van der Waals surface area contributed by atoms with Crippen LogP contribution in [0.3, 0.4) is 0 Å². The van der Waals surface area contributed by atoms with Crippen LogP contribution in [0.1, 0.15) is 16.5 Å². The van der Waals surface area contributed by atoms with Gasteiger partial charge in [0.25, 0.3) is 0 Å². The number of ether oxygens (including phenoxy) is 1. The average Bonchev–Trinajstić information content (AvgIpc) is 2.68. The molecule has 15 heavy (non-hydrogen) atoms. The number of nitrogens with two attached hydrogens (primary N) is 1. The number of thioether (sulfide) groups is 1. The second kappa shape index (κ2) is 5.32. The molecule has 3 nitrogen and oxygen atoms in total. The van der Waals surface area contributed by atoms with Crippen LogP contribution in [0.25, 0.3) is 0 Å². The third-order valence-corrected chi connectivity index (χ3v) is 4.40. The van der Waals surface area contributed by atoms with Gasteiger partial charge in [0.15, 0.2) is 0 Å². The molecule has 5 heteroatoms. The van der Waals surface area contributed by atoms with E-state index < -0.39 is 0 Å². The predicted molar refractivity (Wildman–Crippen MR) is 66.2 cm³/mol. The first kappa shape index (κ1) is 11.4. The van der Waals surface area contributed by atoms with Crippen molar-refractivity contribution in [1.29, 1.82) is 0 Å². The highest BCUT2D eigenvalue weighted by Crippen LogP contribution is 2.27. The smallest absolute Gasteiger partial charge is 0.0873 e. The van der Waals surface area contributed by atoms with E-state index in [-0.39, 0.29) is 12.1 Å². The topological polar surface area (TPSA) is 47.3 Å². The number of nitrogens with one attached hydrogen (secondary N) is 1. The molecule has 84 valence electrons. The first-order valence-electron chi connectivity index (χ1n) is 5.02. The van der Waals surface area contributed by atoms with Gasteiger partial charge in [-0.2, -0.15) is 11.8 Å². The summed E-state index contributed by atoms with van der Waals surface area (Å²) in [6, 6.07) is 2.31. The monoisotopic (exact) mass is 244 g/mol. The lowest BCUT2D eigenvalue weighted by molar-refractivity contribution is 0.0469. The van der Waals surface area contributed by atoms with E-state index in [4.69, 9.17) is 10.6 Å². The molecule has 1 aliphatic rings. The van der Waals surface area contributed by atoms with Crippen molar-refractivity contribution in [3.63, 3.8) is 0 Å². The van der Waals surface area contributed by atoms with Gasteiger partial charge in [0, 0.05) is 16.4 Å². The second-order valence-electron chi connectivity index (χ2n) is 3.62. The van der Waals surface area contributed by atoms with E-state index in [1.165, 1.54) is 10.4 Å². The third-order valence-electron chi connectivity index (χ3n) is 2.50. The molecule has 2 atom stereocenters. The normalized spacial score (nSPS) is 24.0. The molecule has 1 aliphatic heterocycles. The molecular weight excluding hydrogens is 228 g/mol. The summed E-state index contributed by atoms with van der Waals surface area (Å²) in [6.45, 7) is 2.94. The maximum atomic E-state index is 5.74. The van der Waals surface area contributed by atoms with Crippen molar-refractivity contribution < 1.29 is 4.74 Å². The van der Waals surface area contributed by atoms with E-state index >= 15 is 0 Å². The Morgan fingerprint density at radius 1 is 1.67 bits per heavy atom. The first-order valence-corrected chi connectivity index (χ1v) is 7.05. The minimum atomic E-state index is 0.128. The molecule has 2 rings (SSSR count). The van der Waals surface area contributed by atoms with E-state index in [1.807, 2.05) is 11.8 Å². The van der Waals surface area contributed by atoms with Crippen LogP contribution in [0.4, 0.5) is 0 Å². The number of hydrazine groups is 1. The fourth-order valence-electron chi connectivity index (χ4n) is 1.74. The maximum Gasteiger partial charge on any atom is 0.0873 e. The number of aryl methyl sites for hydroxylation is 1. The quantitative estimate of drug-likeness (QED) is 0.627. The summed E-state index contributed by atoms with van der Waals surface area (Å²) >= 11 is 3.69. The van der Waals surface area contributed by atoms with Crippen LogP contribution in [0.5, 0.6) is 0 Å². The number of thiophene rings is 1. The van der Waals surface area contributed by atoms with Gasteiger partial charge in [0.1, 0.15) is 0 Å². The van der Waals surface area contributed by atoms with E-state index in [0.29, 0.717) is 0 Å². The van der Waals surface area contributed by atoms with Crippen LogP contribution >= 0.6 is 23.1 Å². The average molecular weight is 244 g/mol. The van der Waals surface area contributed by atoms with Gasteiger partial charge in [-0.15, -0.1) is 11.3 Å². The summed E-state index contributed by atoms with van der Waals surface area (Å²) in [6.07, 6.45) is 0.197. The summed E-state index contributed by atoms with van der Waals surface area (Å²) < 4.78 is 5.74. The van der Waals surface area contributed by atoms with E-state index in [9.17, 15) is 0 Å². The highest BCUT2D eigenvalue weighted by atomic mass is 32.2. The van der Waals surface area contributed by atoms with Crippen LogP contribution in [0.2, 0.25) is 0 Å². The molecule has 0 bridgehead atoms. The molecule has 1 fully saturated rings. The van der Waals surface area contributed by atoms with Gasteiger partial charge in [0.2, 0.25) is 0 Å². The van der Waals surface area contributed by atoms with Gasteiger partial charge in [0.05, 0.1) is 18.8 Å². The Morgan fingerprint density at radius 3 is 3.07 bits per heavy atom. The standard InChI is InChI=1S/C10H16N2OS2/c1-7-4-8(5-15-7)10(12-11)9-6-14-3-2-13-9/h4-5,9-10,12H,2-3,6,11H2,1H3.